The number of rotatable bonds is 4. The zero-order valence-corrected chi connectivity index (χ0v) is 11.5. The van der Waals surface area contributed by atoms with E-state index in [1.165, 1.54) is 5.19 Å². The van der Waals surface area contributed by atoms with Crippen LogP contribution in [0.5, 0.6) is 0 Å². The predicted octanol–water partition coefficient (Wildman–Crippen LogP) is 3.30. The molecule has 0 aliphatic rings. The van der Waals surface area contributed by atoms with Crippen molar-refractivity contribution in [3.8, 4) is 0 Å². The summed E-state index contributed by atoms with van der Waals surface area (Å²) in [5.74, 6) is 0. The van der Waals surface area contributed by atoms with Gasteiger partial charge in [0.1, 0.15) is 0 Å². The lowest BCUT2D eigenvalue weighted by atomic mass is 10.1. The summed E-state index contributed by atoms with van der Waals surface area (Å²) in [7, 11) is -1.74. The average molecular weight is 222 g/mol. The standard InChI is InChI=1S/C13H22OSi/c1-6-13(2,3)14-15(4,5)12-10-8-7-9-11-12/h7-11H,6H2,1-5H3. The van der Waals surface area contributed by atoms with Gasteiger partial charge in [0.05, 0.1) is 5.60 Å². The maximum Gasteiger partial charge on any atom is 0.218 e. The molecule has 1 nitrogen and oxygen atoms in total. The Kier molecular flexibility index (Phi) is 3.74. The average Bonchev–Trinajstić information content (AvgIpc) is 2.18. The molecule has 84 valence electrons. The van der Waals surface area contributed by atoms with Crippen molar-refractivity contribution in [2.24, 2.45) is 0 Å². The van der Waals surface area contributed by atoms with E-state index in [1.807, 2.05) is 0 Å². The highest BCUT2D eigenvalue weighted by molar-refractivity contribution is 6.84. The molecule has 0 heterocycles. The summed E-state index contributed by atoms with van der Waals surface area (Å²) in [5.41, 5.74) is -0.00837. The van der Waals surface area contributed by atoms with E-state index in [2.05, 4.69) is 64.2 Å². The fraction of sp³-hybridized carbons (Fsp3) is 0.538. The zero-order valence-electron chi connectivity index (χ0n) is 10.5. The van der Waals surface area contributed by atoms with Crippen LogP contribution in [0.3, 0.4) is 0 Å². The third-order valence-electron chi connectivity index (χ3n) is 2.85. The SMILES string of the molecule is CCC(C)(C)O[Si](C)(C)c1ccccc1. The number of hydrogen-bond acceptors (Lipinski definition) is 1. The maximum absolute atomic E-state index is 6.30. The van der Waals surface area contributed by atoms with E-state index in [0.29, 0.717) is 0 Å². The molecule has 0 unspecified atom stereocenters. The summed E-state index contributed by atoms with van der Waals surface area (Å²) in [4.78, 5) is 0. The third-order valence-corrected chi connectivity index (χ3v) is 5.64. The van der Waals surface area contributed by atoms with Gasteiger partial charge in [0, 0.05) is 0 Å². The first kappa shape index (κ1) is 12.5. The molecular weight excluding hydrogens is 200 g/mol. The molecule has 0 aliphatic heterocycles. The molecule has 0 saturated carbocycles. The fourth-order valence-corrected chi connectivity index (χ4v) is 4.30. The largest absolute Gasteiger partial charge is 0.408 e. The molecule has 15 heavy (non-hydrogen) atoms. The Labute approximate surface area is 94.6 Å². The minimum absolute atomic E-state index is 0.00837. The van der Waals surface area contributed by atoms with Crippen molar-refractivity contribution < 1.29 is 4.43 Å². The monoisotopic (exact) mass is 222 g/mol. The van der Waals surface area contributed by atoms with Gasteiger partial charge in [-0.05, 0) is 38.5 Å². The van der Waals surface area contributed by atoms with Gasteiger partial charge in [-0.1, -0.05) is 37.3 Å². The van der Waals surface area contributed by atoms with Crippen LogP contribution >= 0.6 is 0 Å². The fourth-order valence-electron chi connectivity index (χ4n) is 1.66. The quantitative estimate of drug-likeness (QED) is 0.710. The highest BCUT2D eigenvalue weighted by atomic mass is 28.4. The first-order valence-electron chi connectivity index (χ1n) is 5.63. The van der Waals surface area contributed by atoms with Crippen molar-refractivity contribution in [1.29, 1.82) is 0 Å². The van der Waals surface area contributed by atoms with E-state index < -0.39 is 8.32 Å². The summed E-state index contributed by atoms with van der Waals surface area (Å²) in [5, 5.41) is 1.37. The minimum atomic E-state index is -1.74. The second kappa shape index (κ2) is 4.50. The zero-order chi connectivity index (χ0) is 11.5. The molecular formula is C13H22OSi. The molecule has 0 saturated heterocycles. The lowest BCUT2D eigenvalue weighted by Gasteiger charge is -2.34. The van der Waals surface area contributed by atoms with E-state index in [1.54, 1.807) is 0 Å². The molecule has 0 aromatic heterocycles. The van der Waals surface area contributed by atoms with Crippen molar-refractivity contribution in [1.82, 2.24) is 0 Å². The van der Waals surface area contributed by atoms with E-state index in [0.717, 1.165) is 6.42 Å². The summed E-state index contributed by atoms with van der Waals surface area (Å²) in [6, 6.07) is 10.6. The van der Waals surface area contributed by atoms with Crippen molar-refractivity contribution in [3.63, 3.8) is 0 Å². The van der Waals surface area contributed by atoms with Gasteiger partial charge >= 0.3 is 0 Å². The van der Waals surface area contributed by atoms with Crippen molar-refractivity contribution in [3.05, 3.63) is 30.3 Å². The number of hydrogen-bond donors (Lipinski definition) is 0. The van der Waals surface area contributed by atoms with E-state index in [-0.39, 0.29) is 5.60 Å². The van der Waals surface area contributed by atoms with Crippen LogP contribution in [0.4, 0.5) is 0 Å². The highest BCUT2D eigenvalue weighted by Crippen LogP contribution is 2.20. The third kappa shape index (κ3) is 3.47. The van der Waals surface area contributed by atoms with Crippen LogP contribution in [0.25, 0.3) is 0 Å². The van der Waals surface area contributed by atoms with Crippen molar-refractivity contribution in [2.75, 3.05) is 0 Å². The molecule has 0 N–H and O–H groups in total. The lowest BCUT2D eigenvalue weighted by molar-refractivity contribution is 0.0992. The van der Waals surface area contributed by atoms with Crippen LogP contribution in [-0.2, 0) is 4.43 Å². The predicted molar refractivity (Wildman–Crippen MR) is 69.0 cm³/mol. The van der Waals surface area contributed by atoms with Crippen LogP contribution < -0.4 is 5.19 Å². The van der Waals surface area contributed by atoms with E-state index in [4.69, 9.17) is 4.43 Å². The molecule has 0 fully saturated rings. The molecule has 0 bridgehead atoms. The van der Waals surface area contributed by atoms with Crippen LogP contribution in [-0.4, -0.2) is 13.9 Å². The topological polar surface area (TPSA) is 9.23 Å². The lowest BCUT2D eigenvalue weighted by Crippen LogP contribution is -2.50. The van der Waals surface area contributed by atoms with Gasteiger partial charge in [0.15, 0.2) is 0 Å². The molecule has 0 amide bonds. The van der Waals surface area contributed by atoms with Gasteiger partial charge in [-0.3, -0.25) is 0 Å². The van der Waals surface area contributed by atoms with Crippen molar-refractivity contribution in [2.45, 2.75) is 45.9 Å². The smallest absolute Gasteiger partial charge is 0.218 e. The summed E-state index contributed by atoms with van der Waals surface area (Å²) >= 11 is 0. The second-order valence-corrected chi connectivity index (χ2v) is 8.89. The Bertz CT molecular complexity index is 304. The van der Waals surface area contributed by atoms with Crippen LogP contribution in [0.15, 0.2) is 30.3 Å². The maximum atomic E-state index is 6.30. The second-order valence-electron chi connectivity index (χ2n) is 5.09. The van der Waals surface area contributed by atoms with Gasteiger partial charge in [-0.15, -0.1) is 0 Å². The molecule has 0 atom stereocenters. The molecule has 1 aromatic carbocycles. The molecule has 0 aliphatic carbocycles. The van der Waals surface area contributed by atoms with Gasteiger partial charge in [-0.2, -0.15) is 0 Å². The van der Waals surface area contributed by atoms with Crippen LogP contribution in [0, 0.1) is 0 Å². The normalized spacial score (nSPS) is 12.9. The van der Waals surface area contributed by atoms with E-state index >= 15 is 0 Å². The highest BCUT2D eigenvalue weighted by Gasteiger charge is 2.31. The van der Waals surface area contributed by atoms with Gasteiger partial charge in [-0.25, -0.2) is 0 Å². The molecule has 0 spiro atoms. The molecule has 2 heteroatoms. The Morgan fingerprint density at radius 1 is 1.13 bits per heavy atom. The first-order chi connectivity index (χ1) is 6.87. The summed E-state index contributed by atoms with van der Waals surface area (Å²) in [6.45, 7) is 11.0. The molecule has 0 radical (unpaired) electrons. The summed E-state index contributed by atoms with van der Waals surface area (Å²) in [6.07, 6.45) is 1.05. The van der Waals surface area contributed by atoms with Crippen LogP contribution in [0.2, 0.25) is 13.1 Å². The summed E-state index contributed by atoms with van der Waals surface area (Å²) < 4.78 is 6.30. The Hall–Kier alpha value is -0.603. The van der Waals surface area contributed by atoms with E-state index in [9.17, 15) is 0 Å². The van der Waals surface area contributed by atoms with Gasteiger partial charge in [0.2, 0.25) is 8.32 Å². The Morgan fingerprint density at radius 3 is 2.13 bits per heavy atom. The molecule has 1 rings (SSSR count). The first-order valence-corrected chi connectivity index (χ1v) is 8.54. The van der Waals surface area contributed by atoms with Crippen molar-refractivity contribution >= 4 is 13.5 Å². The minimum Gasteiger partial charge on any atom is -0.408 e. The Balaban J connectivity index is 2.85. The molecule has 1 aromatic rings. The Morgan fingerprint density at radius 2 is 1.67 bits per heavy atom. The van der Waals surface area contributed by atoms with Gasteiger partial charge in [0.25, 0.3) is 0 Å². The van der Waals surface area contributed by atoms with Crippen LogP contribution in [0.1, 0.15) is 27.2 Å². The number of benzene rings is 1. The van der Waals surface area contributed by atoms with Gasteiger partial charge < -0.3 is 4.43 Å².